The van der Waals surface area contributed by atoms with Gasteiger partial charge in [0.05, 0.1) is 38.1 Å². The van der Waals surface area contributed by atoms with E-state index in [0.717, 1.165) is 0 Å². The third-order valence-corrected chi connectivity index (χ3v) is 5.92. The minimum Gasteiger partial charge on any atom is -0.504 e. The van der Waals surface area contributed by atoms with E-state index >= 15 is 0 Å². The molecule has 0 spiro atoms. The van der Waals surface area contributed by atoms with Crippen LogP contribution in [0.3, 0.4) is 0 Å². The molecule has 0 unspecified atom stereocenters. The molecule has 0 saturated heterocycles. The van der Waals surface area contributed by atoms with Crippen LogP contribution in [-0.2, 0) is 19.4 Å². The van der Waals surface area contributed by atoms with Gasteiger partial charge in [-0.05, 0) is 49.2 Å². The third-order valence-electron chi connectivity index (χ3n) is 5.92. The van der Waals surface area contributed by atoms with Crippen molar-refractivity contribution in [3.63, 3.8) is 0 Å². The van der Waals surface area contributed by atoms with Gasteiger partial charge in [0.1, 0.15) is 0 Å². The zero-order valence-electron chi connectivity index (χ0n) is 23.6. The summed E-state index contributed by atoms with van der Waals surface area (Å²) in [7, 11) is 0. The van der Waals surface area contributed by atoms with Crippen molar-refractivity contribution in [1.82, 2.24) is 0 Å². The van der Waals surface area contributed by atoms with Crippen molar-refractivity contribution in [2.75, 3.05) is 39.6 Å². The highest BCUT2D eigenvalue weighted by Crippen LogP contribution is 2.32. The molecule has 0 fully saturated rings. The lowest BCUT2D eigenvalue weighted by Crippen LogP contribution is -2.03. The molecule has 44 heavy (non-hydrogen) atoms. The van der Waals surface area contributed by atoms with E-state index in [1.807, 2.05) is 0 Å². The van der Waals surface area contributed by atoms with E-state index < -0.39 is 11.5 Å². The smallest absolute Gasteiger partial charge is 0.167 e. The van der Waals surface area contributed by atoms with Crippen LogP contribution in [0.2, 0.25) is 0 Å². The first-order chi connectivity index (χ1) is 21.5. The summed E-state index contributed by atoms with van der Waals surface area (Å²) in [6, 6.07) is 13.0. The minimum atomic E-state index is -0.422. The molecule has 2 aliphatic heterocycles. The average molecular weight is 609 g/mol. The Morgan fingerprint density at radius 3 is 1.11 bits per heavy atom. The van der Waals surface area contributed by atoms with Crippen LogP contribution in [0.25, 0.3) is 0 Å². The Morgan fingerprint density at radius 1 is 0.409 bits per heavy atom. The number of hydrogen-bond donors (Lipinski definition) is 4. The summed E-state index contributed by atoms with van der Waals surface area (Å²) in [6.07, 6.45) is 6.41. The third kappa shape index (κ3) is 9.17. The Kier molecular flexibility index (Phi) is 11.9. The zero-order valence-corrected chi connectivity index (χ0v) is 23.6. The summed E-state index contributed by atoms with van der Waals surface area (Å²) in [5.41, 5.74) is 1.21. The maximum Gasteiger partial charge on any atom is 0.167 e. The molecule has 3 aromatic carbocycles. The quantitative estimate of drug-likeness (QED) is 0.273. The Labute approximate surface area is 252 Å². The molecule has 14 heteroatoms. The van der Waals surface area contributed by atoms with Crippen molar-refractivity contribution in [2.24, 2.45) is 20.6 Å². The molecule has 0 amide bonds. The topological polar surface area (TPSA) is 186 Å². The molecule has 2 aliphatic rings. The maximum absolute atomic E-state index is 10.5. The highest BCUT2D eigenvalue weighted by molar-refractivity contribution is 5.91. The molecule has 0 aliphatic carbocycles. The molecule has 0 saturated carbocycles. The van der Waals surface area contributed by atoms with E-state index in [4.69, 9.17) is 28.8 Å². The summed E-state index contributed by atoms with van der Waals surface area (Å²) in [4.78, 5) is 20.5. The van der Waals surface area contributed by atoms with Crippen LogP contribution in [0.15, 0.2) is 69.2 Å². The van der Waals surface area contributed by atoms with Gasteiger partial charge in [-0.1, -0.05) is 32.8 Å². The Morgan fingerprint density at radius 2 is 0.750 bits per heavy atom. The lowest BCUT2D eigenvalue weighted by atomic mass is 10.1. The number of ether oxygens (including phenoxy) is 2. The van der Waals surface area contributed by atoms with Crippen LogP contribution < -0.4 is 9.47 Å². The van der Waals surface area contributed by atoms with E-state index in [2.05, 4.69) is 20.6 Å². The molecule has 232 valence electrons. The molecule has 0 radical (unpaired) electrons. The number of oxime groups is 4. The summed E-state index contributed by atoms with van der Waals surface area (Å²) in [5, 5.41) is 56.7. The lowest BCUT2D eigenvalue weighted by Gasteiger charge is -2.11. The van der Waals surface area contributed by atoms with Crippen molar-refractivity contribution in [1.29, 1.82) is 0 Å². The summed E-state index contributed by atoms with van der Waals surface area (Å²) < 4.78 is 11.4. The molecule has 2 heterocycles. The summed E-state index contributed by atoms with van der Waals surface area (Å²) in [6.45, 7) is 0.859. The van der Waals surface area contributed by atoms with Gasteiger partial charge < -0.3 is 49.3 Å². The van der Waals surface area contributed by atoms with Crippen LogP contribution in [0.4, 0.5) is 0 Å². The van der Waals surface area contributed by atoms with Crippen molar-refractivity contribution < 1.29 is 49.3 Å². The van der Waals surface area contributed by atoms with Gasteiger partial charge in [0, 0.05) is 22.3 Å². The van der Waals surface area contributed by atoms with Gasteiger partial charge in [0.25, 0.3) is 0 Å². The van der Waals surface area contributed by atoms with Crippen molar-refractivity contribution >= 4 is 24.9 Å². The van der Waals surface area contributed by atoms with Crippen LogP contribution in [0.1, 0.15) is 35.1 Å². The van der Waals surface area contributed by atoms with Gasteiger partial charge in [-0.2, -0.15) is 0 Å². The Hall–Kier alpha value is -5.66. The van der Waals surface area contributed by atoms with Crippen LogP contribution in [0, 0.1) is 0 Å². The SMILES string of the molecule is Oc1c2cccc1OCCCCOc1cccc(c1O)C=NOCCO/N=C\c1ccc(c(O)c1O)C=NOCCON=C2. The Balaban J connectivity index is 1.41. The number of phenols is 4. The molecule has 3 aromatic rings. The predicted octanol–water partition coefficient (Wildman–Crippen LogP) is 3.86. The van der Waals surface area contributed by atoms with Gasteiger partial charge in [0.2, 0.25) is 0 Å². The normalized spacial score (nSPS) is 15.9. The second-order valence-electron chi connectivity index (χ2n) is 9.00. The fraction of sp³-hybridized carbons (Fsp3) is 0.267. The number of para-hydroxylation sites is 2. The number of nitrogens with zero attached hydrogens (tertiary/aromatic N) is 4. The average Bonchev–Trinajstić information content (AvgIpc) is 3.02. The fourth-order valence-electron chi connectivity index (χ4n) is 3.64. The molecule has 0 atom stereocenters. The molecular formula is C30H32N4O10. The van der Waals surface area contributed by atoms with E-state index in [0.29, 0.717) is 48.7 Å². The summed E-state index contributed by atoms with van der Waals surface area (Å²) >= 11 is 0. The maximum atomic E-state index is 10.5. The largest absolute Gasteiger partial charge is 0.504 e. The van der Waals surface area contributed by atoms with E-state index in [1.54, 1.807) is 36.4 Å². The standard InChI is InChI=1S/C30H32N4O10/c35-27-21-5-3-7-25(27)39-11-1-2-12-40-26-8-4-6-22(28(26)36)18-32-42-14-16-44-34-20-24-10-9-23(29(37)30(24)38)19-33-43-15-13-41-31-17-21/h3-10,17-20,35-38H,1-2,11-16H2/b31-17?,32-18?,33-19-,34-20?. The van der Waals surface area contributed by atoms with Crippen molar-refractivity contribution in [2.45, 2.75) is 12.8 Å². The fourth-order valence-corrected chi connectivity index (χ4v) is 3.64. The first kappa shape index (κ1) is 31.3. The number of fused-ring (bicyclic) bond motifs is 17. The molecule has 5 rings (SSSR count). The zero-order chi connectivity index (χ0) is 31.0. The van der Waals surface area contributed by atoms with Gasteiger partial charge in [-0.25, -0.2) is 0 Å². The van der Waals surface area contributed by atoms with Crippen molar-refractivity contribution in [3.8, 4) is 34.5 Å². The van der Waals surface area contributed by atoms with E-state index in [-0.39, 0.29) is 49.1 Å². The first-order valence-corrected chi connectivity index (χ1v) is 13.6. The Bertz CT molecular complexity index is 1380. The number of rotatable bonds is 0. The monoisotopic (exact) mass is 608 g/mol. The van der Waals surface area contributed by atoms with Crippen LogP contribution in [0.5, 0.6) is 34.5 Å². The highest BCUT2D eigenvalue weighted by Gasteiger charge is 2.11. The van der Waals surface area contributed by atoms with Crippen molar-refractivity contribution in [3.05, 3.63) is 70.8 Å². The number of hydrogen-bond acceptors (Lipinski definition) is 14. The lowest BCUT2D eigenvalue weighted by molar-refractivity contribution is 0.0552. The molecule has 14 nitrogen and oxygen atoms in total. The van der Waals surface area contributed by atoms with Crippen LogP contribution >= 0.6 is 0 Å². The van der Waals surface area contributed by atoms with E-state index in [9.17, 15) is 20.4 Å². The van der Waals surface area contributed by atoms with Gasteiger partial charge >= 0.3 is 0 Å². The first-order valence-electron chi connectivity index (χ1n) is 13.6. The van der Waals surface area contributed by atoms with E-state index in [1.165, 1.54) is 37.0 Å². The summed E-state index contributed by atoms with van der Waals surface area (Å²) in [5.74, 6) is -0.409. The predicted molar refractivity (Wildman–Crippen MR) is 160 cm³/mol. The minimum absolute atomic E-state index is 0.0432. The molecule has 6 bridgehead atoms. The number of phenolic OH excluding ortho intramolecular Hbond substituents is 4. The van der Waals surface area contributed by atoms with Gasteiger partial charge in [0.15, 0.2) is 60.9 Å². The van der Waals surface area contributed by atoms with Gasteiger partial charge in [-0.3, -0.25) is 0 Å². The van der Waals surface area contributed by atoms with Crippen LogP contribution in [-0.4, -0.2) is 84.9 Å². The highest BCUT2D eigenvalue weighted by atomic mass is 16.7. The second kappa shape index (κ2) is 16.7. The number of benzene rings is 3. The second-order valence-corrected chi connectivity index (χ2v) is 9.00. The molecule has 4 N–H and O–H groups in total. The van der Waals surface area contributed by atoms with Gasteiger partial charge in [-0.15, -0.1) is 0 Å². The molecular weight excluding hydrogens is 576 g/mol. The molecule has 0 aromatic heterocycles. The number of aromatic hydroxyl groups is 4.